The second-order valence-electron chi connectivity index (χ2n) is 6.66. The quantitative estimate of drug-likeness (QED) is 0.824. The van der Waals surface area contributed by atoms with E-state index in [1.807, 2.05) is 24.3 Å². The molecule has 1 saturated carbocycles. The van der Waals surface area contributed by atoms with Crippen LogP contribution in [0.1, 0.15) is 46.0 Å². The Bertz CT molecular complexity index is 418. The largest absolute Gasteiger partial charge is 0.394 e. The highest BCUT2D eigenvalue weighted by Gasteiger charge is 2.35. The first-order valence-electron chi connectivity index (χ1n) is 7.67. The fraction of sp³-hybridized carbons (Fsp3) is 0.647. The van der Waals surface area contributed by atoms with Crippen molar-refractivity contribution in [3.05, 3.63) is 29.3 Å². The summed E-state index contributed by atoms with van der Waals surface area (Å²) in [4.78, 5) is 0. The van der Waals surface area contributed by atoms with E-state index < -0.39 is 0 Å². The van der Waals surface area contributed by atoms with Gasteiger partial charge in [-0.2, -0.15) is 0 Å². The van der Waals surface area contributed by atoms with Crippen molar-refractivity contribution in [1.29, 1.82) is 0 Å². The summed E-state index contributed by atoms with van der Waals surface area (Å²) in [6, 6.07) is 7.77. The van der Waals surface area contributed by atoms with Crippen molar-refractivity contribution in [2.24, 2.45) is 11.8 Å². The minimum Gasteiger partial charge on any atom is -0.394 e. The fourth-order valence-electron chi connectivity index (χ4n) is 3.49. The lowest BCUT2D eigenvalue weighted by Crippen LogP contribution is -2.46. The average molecular weight is 296 g/mol. The molecule has 112 valence electrons. The maximum absolute atomic E-state index is 9.92. The van der Waals surface area contributed by atoms with E-state index in [1.54, 1.807) is 0 Å². The van der Waals surface area contributed by atoms with Crippen LogP contribution in [0.15, 0.2) is 24.3 Å². The maximum Gasteiger partial charge on any atom is 0.0661 e. The van der Waals surface area contributed by atoms with E-state index in [-0.39, 0.29) is 12.1 Å². The summed E-state index contributed by atoms with van der Waals surface area (Å²) < 4.78 is 0. The Kier molecular flexibility index (Phi) is 5.34. The topological polar surface area (TPSA) is 32.3 Å². The SMILES string of the molecule is CC(C)CC1CCCC(CO)(Nc2ccc(Cl)cc2)C1. The Balaban J connectivity index is 2.06. The van der Waals surface area contributed by atoms with Crippen LogP contribution in [-0.4, -0.2) is 17.3 Å². The molecule has 2 rings (SSSR count). The predicted molar refractivity (Wildman–Crippen MR) is 86.3 cm³/mol. The molecule has 0 amide bonds. The van der Waals surface area contributed by atoms with Crippen molar-refractivity contribution in [1.82, 2.24) is 0 Å². The number of hydrogen-bond donors (Lipinski definition) is 2. The third kappa shape index (κ3) is 4.13. The van der Waals surface area contributed by atoms with Gasteiger partial charge in [0, 0.05) is 10.7 Å². The van der Waals surface area contributed by atoms with Gasteiger partial charge in [-0.3, -0.25) is 0 Å². The molecule has 2 unspecified atom stereocenters. The van der Waals surface area contributed by atoms with Crippen molar-refractivity contribution in [2.45, 2.75) is 51.5 Å². The molecule has 1 aliphatic rings. The van der Waals surface area contributed by atoms with Gasteiger partial charge in [-0.25, -0.2) is 0 Å². The minimum absolute atomic E-state index is 0.161. The number of anilines is 1. The summed E-state index contributed by atoms with van der Waals surface area (Å²) >= 11 is 5.93. The summed E-state index contributed by atoms with van der Waals surface area (Å²) in [5, 5.41) is 14.2. The van der Waals surface area contributed by atoms with Gasteiger partial charge in [0.25, 0.3) is 0 Å². The molecule has 0 aliphatic heterocycles. The second-order valence-corrected chi connectivity index (χ2v) is 7.10. The first-order chi connectivity index (χ1) is 9.53. The van der Waals surface area contributed by atoms with Crippen LogP contribution in [-0.2, 0) is 0 Å². The van der Waals surface area contributed by atoms with Gasteiger partial charge in [0.15, 0.2) is 0 Å². The van der Waals surface area contributed by atoms with Crippen molar-refractivity contribution in [3.63, 3.8) is 0 Å². The Labute approximate surface area is 127 Å². The molecule has 0 saturated heterocycles. The highest BCUT2D eigenvalue weighted by Crippen LogP contribution is 2.37. The third-order valence-corrected chi connectivity index (χ3v) is 4.56. The van der Waals surface area contributed by atoms with Crippen molar-refractivity contribution in [2.75, 3.05) is 11.9 Å². The molecule has 20 heavy (non-hydrogen) atoms. The Morgan fingerprint density at radius 1 is 1.35 bits per heavy atom. The van der Waals surface area contributed by atoms with Crippen LogP contribution >= 0.6 is 11.6 Å². The van der Waals surface area contributed by atoms with Gasteiger partial charge in [-0.1, -0.05) is 38.3 Å². The highest BCUT2D eigenvalue weighted by atomic mass is 35.5. The number of nitrogens with one attached hydrogen (secondary N) is 1. The normalized spacial score (nSPS) is 26.8. The van der Waals surface area contributed by atoms with E-state index in [9.17, 15) is 5.11 Å². The summed E-state index contributed by atoms with van der Waals surface area (Å²) in [7, 11) is 0. The maximum atomic E-state index is 9.92. The number of rotatable bonds is 5. The van der Waals surface area contributed by atoms with Crippen LogP contribution in [0.5, 0.6) is 0 Å². The zero-order valence-corrected chi connectivity index (χ0v) is 13.3. The molecule has 0 radical (unpaired) electrons. The second kappa shape index (κ2) is 6.82. The first kappa shape index (κ1) is 15.7. The van der Waals surface area contributed by atoms with E-state index in [4.69, 9.17) is 11.6 Å². The molecule has 0 heterocycles. The number of aliphatic hydroxyl groups excluding tert-OH is 1. The van der Waals surface area contributed by atoms with Gasteiger partial charge < -0.3 is 10.4 Å². The Hall–Kier alpha value is -0.730. The number of hydrogen-bond acceptors (Lipinski definition) is 2. The molecule has 3 heteroatoms. The molecule has 2 nitrogen and oxygen atoms in total. The molecule has 1 aromatic rings. The Morgan fingerprint density at radius 2 is 2.05 bits per heavy atom. The van der Waals surface area contributed by atoms with Gasteiger partial charge in [0.05, 0.1) is 12.1 Å². The monoisotopic (exact) mass is 295 g/mol. The smallest absolute Gasteiger partial charge is 0.0661 e. The lowest BCUT2D eigenvalue weighted by Gasteiger charge is -2.41. The van der Waals surface area contributed by atoms with Crippen LogP contribution in [0.3, 0.4) is 0 Å². The van der Waals surface area contributed by atoms with Crippen molar-refractivity contribution in [3.8, 4) is 0 Å². The lowest BCUT2D eigenvalue weighted by molar-refractivity contribution is 0.135. The predicted octanol–water partition coefficient (Wildman–Crippen LogP) is 4.72. The van der Waals surface area contributed by atoms with Crippen LogP contribution in [0.2, 0.25) is 5.02 Å². The van der Waals surface area contributed by atoms with E-state index in [0.717, 1.165) is 35.4 Å². The van der Waals surface area contributed by atoms with Crippen molar-refractivity contribution < 1.29 is 5.11 Å². The van der Waals surface area contributed by atoms with Gasteiger partial charge in [0.1, 0.15) is 0 Å². The minimum atomic E-state index is -0.161. The van der Waals surface area contributed by atoms with E-state index in [1.165, 1.54) is 19.3 Å². The molecule has 2 atom stereocenters. The van der Waals surface area contributed by atoms with Crippen LogP contribution in [0.25, 0.3) is 0 Å². The fourth-order valence-corrected chi connectivity index (χ4v) is 3.62. The molecule has 1 aromatic carbocycles. The van der Waals surface area contributed by atoms with Crippen LogP contribution < -0.4 is 5.32 Å². The first-order valence-corrected chi connectivity index (χ1v) is 8.05. The zero-order valence-electron chi connectivity index (χ0n) is 12.5. The van der Waals surface area contributed by atoms with Crippen LogP contribution in [0, 0.1) is 11.8 Å². The van der Waals surface area contributed by atoms with E-state index >= 15 is 0 Å². The molecule has 2 N–H and O–H groups in total. The van der Waals surface area contributed by atoms with Gasteiger partial charge in [-0.05, 0) is 55.4 Å². The van der Waals surface area contributed by atoms with Crippen molar-refractivity contribution >= 4 is 17.3 Å². The number of halogens is 1. The lowest BCUT2D eigenvalue weighted by atomic mass is 9.73. The van der Waals surface area contributed by atoms with Gasteiger partial charge in [-0.15, -0.1) is 0 Å². The summed E-state index contributed by atoms with van der Waals surface area (Å²) in [5.41, 5.74) is 0.889. The molecular weight excluding hydrogens is 270 g/mol. The molecule has 0 bridgehead atoms. The third-order valence-electron chi connectivity index (χ3n) is 4.31. The van der Waals surface area contributed by atoms with E-state index in [2.05, 4.69) is 19.2 Å². The molecule has 1 aliphatic carbocycles. The van der Waals surface area contributed by atoms with E-state index in [0.29, 0.717) is 0 Å². The standard InChI is InChI=1S/C17H26ClNO/c1-13(2)10-14-4-3-9-17(11-14,12-20)19-16-7-5-15(18)6-8-16/h5-8,13-14,19-20H,3-4,9-12H2,1-2H3. The van der Waals surface area contributed by atoms with Crippen LogP contribution in [0.4, 0.5) is 5.69 Å². The summed E-state index contributed by atoms with van der Waals surface area (Å²) in [6.45, 7) is 4.76. The molecule has 0 aromatic heterocycles. The molecule has 1 fully saturated rings. The highest BCUT2D eigenvalue weighted by molar-refractivity contribution is 6.30. The average Bonchev–Trinajstić information content (AvgIpc) is 2.41. The number of aliphatic hydroxyl groups is 1. The van der Waals surface area contributed by atoms with Gasteiger partial charge >= 0.3 is 0 Å². The zero-order chi connectivity index (χ0) is 14.6. The summed E-state index contributed by atoms with van der Waals surface area (Å²) in [6.07, 6.45) is 5.84. The van der Waals surface area contributed by atoms with Gasteiger partial charge in [0.2, 0.25) is 0 Å². The Morgan fingerprint density at radius 3 is 2.65 bits per heavy atom. The number of benzene rings is 1. The summed E-state index contributed by atoms with van der Waals surface area (Å²) in [5.74, 6) is 1.45. The molecular formula is C17H26ClNO. The molecule has 0 spiro atoms.